The minimum absolute atomic E-state index is 0.0631. The number of nitrogens with zero attached hydrogens (tertiary/aromatic N) is 1. The molecule has 1 aliphatic heterocycles. The van der Waals surface area contributed by atoms with Crippen LogP contribution in [0.15, 0.2) is 12.2 Å². The van der Waals surface area contributed by atoms with Gasteiger partial charge in [-0.2, -0.15) is 0 Å². The van der Waals surface area contributed by atoms with Crippen LogP contribution in [0, 0.1) is 17.8 Å². The number of carbonyl (C=O) groups is 2. The number of allylic oxidation sites excluding steroid dienone is 2. The van der Waals surface area contributed by atoms with Gasteiger partial charge in [0.2, 0.25) is 11.8 Å². The SMILES string of the molecule is O=C1CCN(C(=O)C2CC3C=CC2C3)CCN1. The Bertz CT molecular complexity index is 378. The first-order valence-corrected chi connectivity index (χ1v) is 6.48. The van der Waals surface area contributed by atoms with E-state index in [9.17, 15) is 9.59 Å². The van der Waals surface area contributed by atoms with Crippen molar-refractivity contribution < 1.29 is 9.59 Å². The molecule has 3 atom stereocenters. The second-order valence-corrected chi connectivity index (χ2v) is 5.31. The Labute approximate surface area is 101 Å². The minimum atomic E-state index is 0.0631. The molecule has 2 bridgehead atoms. The van der Waals surface area contributed by atoms with E-state index in [1.54, 1.807) is 0 Å². The van der Waals surface area contributed by atoms with E-state index in [1.807, 2.05) is 4.90 Å². The molecular weight excluding hydrogens is 216 g/mol. The summed E-state index contributed by atoms with van der Waals surface area (Å²) in [4.78, 5) is 25.5. The molecule has 3 aliphatic rings. The topological polar surface area (TPSA) is 49.4 Å². The van der Waals surface area contributed by atoms with Crippen molar-refractivity contribution in [3.8, 4) is 0 Å². The molecule has 1 saturated carbocycles. The summed E-state index contributed by atoms with van der Waals surface area (Å²) in [5.41, 5.74) is 0. The van der Waals surface area contributed by atoms with Crippen molar-refractivity contribution in [2.24, 2.45) is 17.8 Å². The maximum atomic E-state index is 12.4. The van der Waals surface area contributed by atoms with Crippen LogP contribution in [0.3, 0.4) is 0 Å². The molecule has 92 valence electrons. The van der Waals surface area contributed by atoms with Crippen LogP contribution in [-0.2, 0) is 9.59 Å². The first-order valence-electron chi connectivity index (χ1n) is 6.48. The lowest BCUT2D eigenvalue weighted by molar-refractivity contribution is -0.136. The summed E-state index contributed by atoms with van der Waals surface area (Å²) < 4.78 is 0. The second-order valence-electron chi connectivity index (χ2n) is 5.31. The summed E-state index contributed by atoms with van der Waals surface area (Å²) in [6, 6.07) is 0. The third kappa shape index (κ3) is 1.96. The quantitative estimate of drug-likeness (QED) is 0.673. The summed E-state index contributed by atoms with van der Waals surface area (Å²) in [5.74, 6) is 1.59. The van der Waals surface area contributed by atoms with Gasteiger partial charge in [0, 0.05) is 32.0 Å². The Balaban J connectivity index is 1.66. The second kappa shape index (κ2) is 4.17. The standard InChI is InChI=1S/C13H18N2O2/c16-12-3-5-15(6-4-14-12)13(17)11-8-9-1-2-10(11)7-9/h1-2,9-11H,3-8H2,(H,14,16). The Morgan fingerprint density at radius 3 is 2.88 bits per heavy atom. The van der Waals surface area contributed by atoms with Gasteiger partial charge in [0.05, 0.1) is 0 Å². The first kappa shape index (κ1) is 10.8. The Kier molecular flexibility index (Phi) is 2.65. The molecule has 4 nitrogen and oxygen atoms in total. The molecule has 0 radical (unpaired) electrons. The van der Waals surface area contributed by atoms with E-state index in [2.05, 4.69) is 17.5 Å². The predicted molar refractivity (Wildman–Crippen MR) is 63.1 cm³/mol. The summed E-state index contributed by atoms with van der Waals surface area (Å²) in [6.45, 7) is 1.85. The normalized spacial score (nSPS) is 35.9. The largest absolute Gasteiger partial charge is 0.354 e. The Morgan fingerprint density at radius 2 is 2.18 bits per heavy atom. The van der Waals surface area contributed by atoms with Crippen molar-refractivity contribution in [1.29, 1.82) is 0 Å². The lowest BCUT2D eigenvalue weighted by atomic mass is 9.92. The van der Waals surface area contributed by atoms with Crippen LogP contribution in [-0.4, -0.2) is 36.3 Å². The monoisotopic (exact) mass is 234 g/mol. The summed E-state index contributed by atoms with van der Waals surface area (Å²) >= 11 is 0. The molecule has 1 heterocycles. The number of rotatable bonds is 1. The van der Waals surface area contributed by atoms with Crippen LogP contribution >= 0.6 is 0 Å². The molecule has 0 spiro atoms. The number of amides is 2. The lowest BCUT2D eigenvalue weighted by Crippen LogP contribution is -2.39. The smallest absolute Gasteiger partial charge is 0.226 e. The van der Waals surface area contributed by atoms with Gasteiger partial charge in [0.15, 0.2) is 0 Å². The van der Waals surface area contributed by atoms with E-state index in [1.165, 1.54) is 0 Å². The van der Waals surface area contributed by atoms with Crippen molar-refractivity contribution in [1.82, 2.24) is 10.2 Å². The lowest BCUT2D eigenvalue weighted by Gasteiger charge is -2.26. The maximum absolute atomic E-state index is 12.4. The van der Waals surface area contributed by atoms with Gasteiger partial charge in [-0.05, 0) is 24.7 Å². The molecule has 2 amide bonds. The highest BCUT2D eigenvalue weighted by Gasteiger charge is 2.41. The fourth-order valence-corrected chi connectivity index (χ4v) is 3.29. The highest BCUT2D eigenvalue weighted by atomic mass is 16.2. The minimum Gasteiger partial charge on any atom is -0.354 e. The van der Waals surface area contributed by atoms with Gasteiger partial charge < -0.3 is 10.2 Å². The van der Waals surface area contributed by atoms with Crippen molar-refractivity contribution in [2.45, 2.75) is 19.3 Å². The zero-order chi connectivity index (χ0) is 11.8. The van der Waals surface area contributed by atoms with E-state index in [0.29, 0.717) is 37.9 Å². The van der Waals surface area contributed by atoms with E-state index in [4.69, 9.17) is 0 Å². The number of hydrogen-bond donors (Lipinski definition) is 1. The van der Waals surface area contributed by atoms with Gasteiger partial charge in [0.1, 0.15) is 0 Å². The van der Waals surface area contributed by atoms with Crippen LogP contribution in [0.25, 0.3) is 0 Å². The number of carbonyl (C=O) groups excluding carboxylic acids is 2. The van der Waals surface area contributed by atoms with Crippen molar-refractivity contribution in [3.63, 3.8) is 0 Å². The molecule has 0 aromatic carbocycles. The molecule has 3 rings (SSSR count). The highest BCUT2D eigenvalue weighted by Crippen LogP contribution is 2.44. The molecule has 0 aromatic heterocycles. The Hall–Kier alpha value is -1.32. The predicted octanol–water partition coefficient (Wildman–Crippen LogP) is 0.547. The van der Waals surface area contributed by atoms with Gasteiger partial charge in [-0.15, -0.1) is 0 Å². The van der Waals surface area contributed by atoms with Crippen LogP contribution in [0.4, 0.5) is 0 Å². The molecule has 2 aliphatic carbocycles. The van der Waals surface area contributed by atoms with Crippen LogP contribution in [0.2, 0.25) is 0 Å². The van der Waals surface area contributed by atoms with Crippen LogP contribution in [0.1, 0.15) is 19.3 Å². The van der Waals surface area contributed by atoms with E-state index < -0.39 is 0 Å². The van der Waals surface area contributed by atoms with E-state index in [0.717, 1.165) is 12.8 Å². The molecule has 3 unspecified atom stereocenters. The van der Waals surface area contributed by atoms with E-state index >= 15 is 0 Å². The zero-order valence-corrected chi connectivity index (χ0v) is 9.89. The Morgan fingerprint density at radius 1 is 1.29 bits per heavy atom. The maximum Gasteiger partial charge on any atom is 0.226 e. The average molecular weight is 234 g/mol. The van der Waals surface area contributed by atoms with Gasteiger partial charge in [0.25, 0.3) is 0 Å². The van der Waals surface area contributed by atoms with Gasteiger partial charge in [-0.1, -0.05) is 12.2 Å². The molecule has 17 heavy (non-hydrogen) atoms. The number of hydrogen-bond acceptors (Lipinski definition) is 2. The fourth-order valence-electron chi connectivity index (χ4n) is 3.29. The zero-order valence-electron chi connectivity index (χ0n) is 9.89. The van der Waals surface area contributed by atoms with Gasteiger partial charge in [-0.25, -0.2) is 0 Å². The van der Waals surface area contributed by atoms with Crippen molar-refractivity contribution >= 4 is 11.8 Å². The first-order chi connectivity index (χ1) is 8.24. The summed E-state index contributed by atoms with van der Waals surface area (Å²) in [5, 5.41) is 2.81. The van der Waals surface area contributed by atoms with E-state index in [-0.39, 0.29) is 17.7 Å². The summed E-state index contributed by atoms with van der Waals surface area (Å²) in [6.07, 6.45) is 7.07. The number of nitrogens with one attached hydrogen (secondary N) is 1. The molecule has 2 fully saturated rings. The third-order valence-corrected chi connectivity index (χ3v) is 4.22. The van der Waals surface area contributed by atoms with Gasteiger partial charge in [-0.3, -0.25) is 9.59 Å². The summed E-state index contributed by atoms with van der Waals surface area (Å²) in [7, 11) is 0. The highest BCUT2D eigenvalue weighted by molar-refractivity contribution is 5.82. The molecular formula is C13H18N2O2. The number of fused-ring (bicyclic) bond motifs is 2. The van der Waals surface area contributed by atoms with Gasteiger partial charge >= 0.3 is 0 Å². The molecule has 1 saturated heterocycles. The van der Waals surface area contributed by atoms with Crippen molar-refractivity contribution in [3.05, 3.63) is 12.2 Å². The van der Waals surface area contributed by atoms with Crippen molar-refractivity contribution in [2.75, 3.05) is 19.6 Å². The average Bonchev–Trinajstić information content (AvgIpc) is 2.88. The molecule has 1 N–H and O–H groups in total. The fraction of sp³-hybridized carbons (Fsp3) is 0.692. The van der Waals surface area contributed by atoms with Crippen LogP contribution < -0.4 is 5.32 Å². The molecule has 4 heteroatoms. The van der Waals surface area contributed by atoms with Crippen LogP contribution in [0.5, 0.6) is 0 Å². The molecule has 0 aromatic rings. The third-order valence-electron chi connectivity index (χ3n) is 4.22.